The first kappa shape index (κ1) is 15.6. The summed E-state index contributed by atoms with van der Waals surface area (Å²) in [6, 6.07) is 7.69. The third-order valence-corrected chi connectivity index (χ3v) is 5.61. The van der Waals surface area contributed by atoms with Gasteiger partial charge in [-0.1, -0.05) is 24.3 Å². The van der Waals surface area contributed by atoms with Crippen LogP contribution in [-0.4, -0.2) is 41.5 Å². The van der Waals surface area contributed by atoms with Gasteiger partial charge in [0.25, 0.3) is 0 Å². The molecule has 2 amide bonds. The van der Waals surface area contributed by atoms with Gasteiger partial charge in [-0.15, -0.1) is 0 Å². The average molecular weight is 328 g/mol. The number of rotatable bonds is 3. The quantitative estimate of drug-likeness (QED) is 0.918. The van der Waals surface area contributed by atoms with Crippen LogP contribution in [0.1, 0.15) is 37.3 Å². The Hall–Kier alpha value is -1.88. The Morgan fingerprint density at radius 1 is 1.25 bits per heavy atom. The molecular formula is C19H24N2O3. The van der Waals surface area contributed by atoms with Crippen LogP contribution < -0.4 is 5.32 Å². The van der Waals surface area contributed by atoms with E-state index in [1.54, 1.807) is 4.90 Å². The number of carbonyl (C=O) groups excluding carboxylic acids is 2. The molecule has 0 unspecified atom stereocenters. The third kappa shape index (κ3) is 2.61. The summed E-state index contributed by atoms with van der Waals surface area (Å²) in [7, 11) is 0. The fourth-order valence-corrected chi connectivity index (χ4v) is 4.39. The van der Waals surface area contributed by atoms with Gasteiger partial charge in [-0.25, -0.2) is 0 Å². The molecular weight excluding hydrogens is 304 g/mol. The Kier molecular flexibility index (Phi) is 4.04. The fourth-order valence-electron chi connectivity index (χ4n) is 4.39. The highest BCUT2D eigenvalue weighted by Crippen LogP contribution is 2.40. The Morgan fingerprint density at radius 3 is 2.71 bits per heavy atom. The van der Waals surface area contributed by atoms with Gasteiger partial charge < -0.3 is 15.0 Å². The summed E-state index contributed by atoms with van der Waals surface area (Å²) in [6.45, 7) is 3.01. The Balaban J connectivity index is 1.60. The van der Waals surface area contributed by atoms with E-state index in [-0.39, 0.29) is 29.9 Å². The summed E-state index contributed by atoms with van der Waals surface area (Å²) in [5.41, 5.74) is 2.32. The second kappa shape index (κ2) is 6.20. The van der Waals surface area contributed by atoms with Crippen molar-refractivity contribution in [1.29, 1.82) is 0 Å². The molecule has 5 heteroatoms. The predicted molar refractivity (Wildman–Crippen MR) is 89.2 cm³/mol. The van der Waals surface area contributed by atoms with Crippen LogP contribution in [0.4, 0.5) is 0 Å². The number of ether oxygens (including phenoxy) is 1. The van der Waals surface area contributed by atoms with Crippen molar-refractivity contribution in [3.05, 3.63) is 35.4 Å². The van der Waals surface area contributed by atoms with Gasteiger partial charge in [0, 0.05) is 19.5 Å². The van der Waals surface area contributed by atoms with Crippen molar-refractivity contribution in [3.63, 3.8) is 0 Å². The first-order valence-corrected chi connectivity index (χ1v) is 8.97. The Bertz CT molecular complexity index is 660. The standard InChI is InChI=1S/C19H24N2O3/c1-2-20-18(22)16-9-12-5-3-4-6-13(12)11-21(16)19(23)15-10-14-7-8-17(15)24-14/h3-6,14-17H,2,7-11H2,1H3,(H,20,22)/t14-,15-,16-,17+/m1/s1. The van der Waals surface area contributed by atoms with Gasteiger partial charge in [0.15, 0.2) is 0 Å². The van der Waals surface area contributed by atoms with E-state index in [2.05, 4.69) is 17.4 Å². The molecule has 3 heterocycles. The zero-order valence-electron chi connectivity index (χ0n) is 14.0. The van der Waals surface area contributed by atoms with E-state index >= 15 is 0 Å². The lowest BCUT2D eigenvalue weighted by Gasteiger charge is -2.38. The van der Waals surface area contributed by atoms with Gasteiger partial charge in [-0.2, -0.15) is 0 Å². The minimum atomic E-state index is -0.411. The van der Waals surface area contributed by atoms with E-state index < -0.39 is 6.04 Å². The Morgan fingerprint density at radius 2 is 2.04 bits per heavy atom. The predicted octanol–water partition coefficient (Wildman–Crippen LogP) is 1.64. The van der Waals surface area contributed by atoms with Crippen LogP contribution in [0.15, 0.2) is 24.3 Å². The molecule has 1 aromatic carbocycles. The summed E-state index contributed by atoms with van der Waals surface area (Å²) in [4.78, 5) is 27.5. The van der Waals surface area contributed by atoms with Crippen LogP contribution in [0.5, 0.6) is 0 Å². The van der Waals surface area contributed by atoms with Gasteiger partial charge in [0.2, 0.25) is 11.8 Å². The van der Waals surface area contributed by atoms with E-state index in [0.29, 0.717) is 19.5 Å². The smallest absolute Gasteiger partial charge is 0.243 e. The second-order valence-electron chi connectivity index (χ2n) is 7.07. The fraction of sp³-hybridized carbons (Fsp3) is 0.579. The van der Waals surface area contributed by atoms with Gasteiger partial charge in [-0.3, -0.25) is 9.59 Å². The van der Waals surface area contributed by atoms with Crippen LogP contribution in [0, 0.1) is 5.92 Å². The van der Waals surface area contributed by atoms with Crippen LogP contribution in [0.25, 0.3) is 0 Å². The number of fused-ring (bicyclic) bond motifs is 3. The molecule has 3 aliphatic rings. The molecule has 2 saturated heterocycles. The number of benzene rings is 1. The normalized spacial score (nSPS) is 31.0. The van der Waals surface area contributed by atoms with Crippen molar-refractivity contribution < 1.29 is 14.3 Å². The molecule has 1 aromatic rings. The zero-order chi connectivity index (χ0) is 16.7. The van der Waals surface area contributed by atoms with E-state index in [1.807, 2.05) is 19.1 Å². The van der Waals surface area contributed by atoms with E-state index in [9.17, 15) is 9.59 Å². The molecule has 0 aliphatic carbocycles. The van der Waals surface area contributed by atoms with Gasteiger partial charge >= 0.3 is 0 Å². The number of nitrogens with one attached hydrogen (secondary N) is 1. The molecule has 0 radical (unpaired) electrons. The molecule has 2 bridgehead atoms. The topological polar surface area (TPSA) is 58.6 Å². The minimum absolute atomic E-state index is 0.0505. The largest absolute Gasteiger partial charge is 0.374 e. The van der Waals surface area contributed by atoms with Crippen molar-refractivity contribution >= 4 is 11.8 Å². The molecule has 4 rings (SSSR count). The first-order chi connectivity index (χ1) is 11.7. The minimum Gasteiger partial charge on any atom is -0.374 e. The molecule has 128 valence electrons. The van der Waals surface area contributed by atoms with E-state index in [0.717, 1.165) is 24.8 Å². The van der Waals surface area contributed by atoms with Crippen LogP contribution in [0.2, 0.25) is 0 Å². The highest BCUT2D eigenvalue weighted by molar-refractivity contribution is 5.89. The summed E-state index contributed by atoms with van der Waals surface area (Å²) >= 11 is 0. The molecule has 1 N–H and O–H groups in total. The SMILES string of the molecule is CCNC(=O)[C@H]1Cc2ccccc2CN1C(=O)[C@@H]1C[C@H]2CC[C@@H]1O2. The highest BCUT2D eigenvalue weighted by Gasteiger charge is 2.47. The molecule has 2 fully saturated rings. The monoisotopic (exact) mass is 328 g/mol. The van der Waals surface area contributed by atoms with Crippen LogP contribution in [0.3, 0.4) is 0 Å². The zero-order valence-corrected chi connectivity index (χ0v) is 14.0. The molecule has 0 aromatic heterocycles. The number of likely N-dealkylation sites (N-methyl/N-ethyl adjacent to an activating group) is 1. The lowest BCUT2D eigenvalue weighted by Crippen LogP contribution is -2.54. The first-order valence-electron chi connectivity index (χ1n) is 8.97. The van der Waals surface area contributed by atoms with E-state index in [4.69, 9.17) is 4.74 Å². The Labute approximate surface area is 142 Å². The summed E-state index contributed by atoms with van der Waals surface area (Å²) < 4.78 is 5.86. The average Bonchev–Trinajstić information content (AvgIpc) is 3.23. The molecule has 24 heavy (non-hydrogen) atoms. The molecule has 0 saturated carbocycles. The summed E-state index contributed by atoms with van der Waals surface area (Å²) in [5, 5.41) is 2.89. The van der Waals surface area contributed by atoms with Crippen molar-refractivity contribution in [2.75, 3.05) is 6.54 Å². The van der Waals surface area contributed by atoms with Crippen molar-refractivity contribution in [2.24, 2.45) is 5.92 Å². The van der Waals surface area contributed by atoms with Gasteiger partial charge in [0.1, 0.15) is 6.04 Å². The van der Waals surface area contributed by atoms with Crippen LogP contribution in [-0.2, 0) is 27.3 Å². The maximum absolute atomic E-state index is 13.2. The molecule has 4 atom stereocenters. The number of carbonyl (C=O) groups is 2. The lowest BCUT2D eigenvalue weighted by atomic mass is 9.86. The van der Waals surface area contributed by atoms with Crippen LogP contribution >= 0.6 is 0 Å². The van der Waals surface area contributed by atoms with Crippen molar-refractivity contribution in [3.8, 4) is 0 Å². The maximum Gasteiger partial charge on any atom is 0.243 e. The lowest BCUT2D eigenvalue weighted by molar-refractivity contribution is -0.146. The highest BCUT2D eigenvalue weighted by atomic mass is 16.5. The third-order valence-electron chi connectivity index (χ3n) is 5.61. The van der Waals surface area contributed by atoms with Gasteiger partial charge in [-0.05, 0) is 37.3 Å². The number of hydrogen-bond acceptors (Lipinski definition) is 3. The van der Waals surface area contributed by atoms with Crippen molar-refractivity contribution in [2.45, 2.75) is 57.4 Å². The molecule has 3 aliphatic heterocycles. The number of amides is 2. The molecule has 5 nitrogen and oxygen atoms in total. The van der Waals surface area contributed by atoms with Gasteiger partial charge in [0.05, 0.1) is 18.1 Å². The maximum atomic E-state index is 13.2. The summed E-state index contributed by atoms with van der Waals surface area (Å²) in [6.07, 6.45) is 3.73. The number of hydrogen-bond donors (Lipinski definition) is 1. The number of nitrogens with zero attached hydrogens (tertiary/aromatic N) is 1. The second-order valence-corrected chi connectivity index (χ2v) is 7.07. The van der Waals surface area contributed by atoms with Crippen molar-refractivity contribution in [1.82, 2.24) is 10.2 Å². The van der Waals surface area contributed by atoms with E-state index in [1.165, 1.54) is 5.56 Å². The molecule has 0 spiro atoms. The summed E-state index contributed by atoms with van der Waals surface area (Å²) in [5.74, 6) is -0.0386.